The van der Waals surface area contributed by atoms with Gasteiger partial charge in [-0.05, 0) is 68.4 Å². The molecule has 2 N–H and O–H groups in total. The maximum atomic E-state index is 12.9. The van der Waals surface area contributed by atoms with Gasteiger partial charge in [-0.2, -0.15) is 0 Å². The summed E-state index contributed by atoms with van der Waals surface area (Å²) in [4.78, 5) is 15.0. The third-order valence-corrected chi connectivity index (χ3v) is 7.61. The summed E-state index contributed by atoms with van der Waals surface area (Å²) >= 11 is 6.51. The van der Waals surface area contributed by atoms with Crippen LogP contribution < -0.4 is 5.32 Å². The summed E-state index contributed by atoms with van der Waals surface area (Å²) < 4.78 is 0. The van der Waals surface area contributed by atoms with Crippen LogP contribution in [0.25, 0.3) is 0 Å². The van der Waals surface area contributed by atoms with Crippen molar-refractivity contribution in [3.8, 4) is 0 Å². The number of aliphatic hydroxyl groups is 1. The van der Waals surface area contributed by atoms with Crippen LogP contribution in [0.3, 0.4) is 0 Å². The van der Waals surface area contributed by atoms with E-state index in [-0.39, 0.29) is 12.1 Å². The van der Waals surface area contributed by atoms with E-state index in [2.05, 4.69) is 17.1 Å². The molecule has 4 bridgehead atoms. The third kappa shape index (κ3) is 2.20. The Morgan fingerprint density at radius 2 is 1.88 bits per heavy atom. The van der Waals surface area contributed by atoms with Gasteiger partial charge in [0.1, 0.15) is 0 Å². The molecule has 4 aliphatic carbocycles. The van der Waals surface area contributed by atoms with E-state index < -0.39 is 11.1 Å². The number of rotatable bonds is 2. The van der Waals surface area contributed by atoms with Crippen molar-refractivity contribution >= 4 is 17.6 Å². The first-order valence-corrected chi connectivity index (χ1v) is 9.82. The average Bonchev–Trinajstić information content (AvgIpc) is 2.83. The lowest BCUT2D eigenvalue weighted by molar-refractivity contribution is -0.160. The number of halogens is 1. The van der Waals surface area contributed by atoms with Crippen molar-refractivity contribution in [2.24, 2.45) is 17.8 Å². The topological polar surface area (TPSA) is 52.6 Å². The number of benzene rings is 1. The minimum atomic E-state index is -0.482. The van der Waals surface area contributed by atoms with Crippen LogP contribution in [-0.4, -0.2) is 34.2 Å². The van der Waals surface area contributed by atoms with Crippen LogP contribution in [-0.2, 0) is 5.54 Å². The first-order valence-electron chi connectivity index (χ1n) is 9.44. The molecule has 1 aromatic rings. The van der Waals surface area contributed by atoms with Crippen LogP contribution in [0.5, 0.6) is 0 Å². The van der Waals surface area contributed by atoms with Crippen molar-refractivity contribution in [2.75, 3.05) is 6.54 Å². The Kier molecular flexibility index (Phi) is 3.28. The summed E-state index contributed by atoms with van der Waals surface area (Å²) in [7, 11) is 0. The van der Waals surface area contributed by atoms with Crippen LogP contribution in [0.2, 0.25) is 5.02 Å². The van der Waals surface area contributed by atoms with E-state index in [1.807, 2.05) is 24.3 Å². The maximum absolute atomic E-state index is 12.9. The predicted octanol–water partition coefficient (Wildman–Crippen LogP) is 3.52. The predicted molar refractivity (Wildman–Crippen MR) is 96.3 cm³/mol. The van der Waals surface area contributed by atoms with Crippen LogP contribution in [0.1, 0.15) is 44.6 Å². The number of nitrogens with zero attached hydrogens (tertiary/aromatic N) is 1. The van der Waals surface area contributed by atoms with E-state index in [0.29, 0.717) is 29.3 Å². The SMILES string of the molecule is CC1(c2ccccc2Cl)CNC(=O)N1C1C2CC3CC1CC(O)(C3)C2. The number of urea groups is 1. The van der Waals surface area contributed by atoms with Gasteiger partial charge in [0.25, 0.3) is 0 Å². The van der Waals surface area contributed by atoms with Crippen molar-refractivity contribution < 1.29 is 9.90 Å². The van der Waals surface area contributed by atoms with Crippen molar-refractivity contribution in [1.82, 2.24) is 10.2 Å². The molecule has 4 nitrogen and oxygen atoms in total. The minimum absolute atomic E-state index is 0.0203. The first kappa shape index (κ1) is 16.0. The average molecular weight is 361 g/mol. The summed E-state index contributed by atoms with van der Waals surface area (Å²) in [5.41, 5.74) is 0.102. The summed E-state index contributed by atoms with van der Waals surface area (Å²) in [5, 5.41) is 14.7. The van der Waals surface area contributed by atoms with Crippen molar-refractivity contribution in [2.45, 2.75) is 56.2 Å². The molecule has 134 valence electrons. The highest BCUT2D eigenvalue weighted by atomic mass is 35.5. The molecular formula is C20H25ClN2O2. The zero-order valence-corrected chi connectivity index (χ0v) is 15.3. The Morgan fingerprint density at radius 3 is 2.52 bits per heavy atom. The monoisotopic (exact) mass is 360 g/mol. The summed E-state index contributed by atoms with van der Waals surface area (Å²) in [5.74, 6) is 1.44. The van der Waals surface area contributed by atoms with Crippen LogP contribution in [0, 0.1) is 17.8 Å². The van der Waals surface area contributed by atoms with Gasteiger partial charge in [-0.3, -0.25) is 0 Å². The lowest BCUT2D eigenvalue weighted by Crippen LogP contribution is -2.64. The molecule has 5 aliphatic rings. The minimum Gasteiger partial charge on any atom is -0.390 e. The van der Waals surface area contributed by atoms with E-state index in [1.54, 1.807) is 0 Å². The molecule has 5 fully saturated rings. The lowest BCUT2D eigenvalue weighted by atomic mass is 9.51. The zero-order chi connectivity index (χ0) is 17.4. The number of nitrogens with one attached hydrogen (secondary N) is 1. The van der Waals surface area contributed by atoms with E-state index >= 15 is 0 Å². The highest BCUT2D eigenvalue weighted by molar-refractivity contribution is 6.31. The Bertz CT molecular complexity index is 722. The van der Waals surface area contributed by atoms with Crippen LogP contribution in [0.4, 0.5) is 4.79 Å². The fourth-order valence-corrected chi connectivity index (χ4v) is 6.95. The largest absolute Gasteiger partial charge is 0.390 e. The lowest BCUT2D eigenvalue weighted by Gasteiger charge is -2.61. The second kappa shape index (κ2) is 5.14. The highest BCUT2D eigenvalue weighted by Crippen LogP contribution is 2.58. The number of carbonyl (C=O) groups excluding carboxylic acids is 1. The molecule has 25 heavy (non-hydrogen) atoms. The maximum Gasteiger partial charge on any atom is 0.318 e. The molecule has 1 aliphatic heterocycles. The number of amides is 2. The number of carbonyl (C=O) groups is 1. The normalized spacial score (nSPS) is 45.1. The quantitative estimate of drug-likeness (QED) is 0.847. The third-order valence-electron chi connectivity index (χ3n) is 7.28. The van der Waals surface area contributed by atoms with Crippen LogP contribution in [0.15, 0.2) is 24.3 Å². The Hall–Kier alpha value is -1.26. The molecule has 0 radical (unpaired) electrons. The van der Waals surface area contributed by atoms with Gasteiger partial charge in [0.2, 0.25) is 0 Å². The van der Waals surface area contributed by atoms with Gasteiger partial charge >= 0.3 is 6.03 Å². The Morgan fingerprint density at radius 1 is 1.20 bits per heavy atom. The number of hydrogen-bond acceptors (Lipinski definition) is 2. The second-order valence-corrected chi connectivity index (χ2v) is 9.37. The Labute approximate surface area is 153 Å². The molecular weight excluding hydrogens is 336 g/mol. The molecule has 3 unspecified atom stereocenters. The van der Waals surface area contributed by atoms with E-state index in [9.17, 15) is 9.90 Å². The molecule has 0 aromatic heterocycles. The standard InChI is InChI=1S/C20H25ClN2O2/c1-19(15-4-2-3-5-16(15)21)11-22-18(24)23(19)17-13-6-12-7-14(17)10-20(25,8-12)9-13/h2-5,12-14,17,25H,6-11H2,1H3,(H,22,24). The summed E-state index contributed by atoms with van der Waals surface area (Å²) in [6, 6.07) is 8.10. The molecule has 5 heteroatoms. The van der Waals surface area contributed by atoms with Crippen molar-refractivity contribution in [3.63, 3.8) is 0 Å². The number of hydrogen-bond donors (Lipinski definition) is 2. The van der Waals surface area contributed by atoms with E-state index in [0.717, 1.165) is 37.7 Å². The molecule has 1 heterocycles. The van der Waals surface area contributed by atoms with E-state index in [1.165, 1.54) is 0 Å². The molecule has 1 saturated heterocycles. The molecule has 0 spiro atoms. The van der Waals surface area contributed by atoms with Gasteiger partial charge in [0.05, 0.1) is 11.1 Å². The van der Waals surface area contributed by atoms with Gasteiger partial charge in [0.15, 0.2) is 0 Å². The molecule has 2 amide bonds. The van der Waals surface area contributed by atoms with Gasteiger partial charge in [-0.15, -0.1) is 0 Å². The Balaban J connectivity index is 1.56. The van der Waals surface area contributed by atoms with E-state index in [4.69, 9.17) is 11.6 Å². The molecule has 1 aromatic carbocycles. The van der Waals surface area contributed by atoms with Crippen molar-refractivity contribution in [1.29, 1.82) is 0 Å². The van der Waals surface area contributed by atoms with Crippen molar-refractivity contribution in [3.05, 3.63) is 34.9 Å². The molecule has 4 saturated carbocycles. The summed E-state index contributed by atoms with van der Waals surface area (Å²) in [6.45, 7) is 2.71. The zero-order valence-electron chi connectivity index (χ0n) is 14.5. The fourth-order valence-electron chi connectivity index (χ4n) is 6.61. The van der Waals surface area contributed by atoms with Crippen LogP contribution >= 0.6 is 11.6 Å². The summed E-state index contributed by atoms with van der Waals surface area (Å²) in [6.07, 6.45) is 4.93. The molecule has 6 rings (SSSR count). The van der Waals surface area contributed by atoms with Gasteiger partial charge in [-0.1, -0.05) is 29.8 Å². The second-order valence-electron chi connectivity index (χ2n) is 8.97. The van der Waals surface area contributed by atoms with Gasteiger partial charge in [0, 0.05) is 17.6 Å². The smallest absolute Gasteiger partial charge is 0.318 e. The first-order chi connectivity index (χ1) is 11.9. The highest BCUT2D eigenvalue weighted by Gasteiger charge is 2.60. The van der Waals surface area contributed by atoms with Gasteiger partial charge < -0.3 is 15.3 Å². The fraction of sp³-hybridized carbons (Fsp3) is 0.650. The van der Waals surface area contributed by atoms with Gasteiger partial charge in [-0.25, -0.2) is 4.79 Å². The molecule has 3 atom stereocenters.